The Kier molecular flexibility index (Phi) is 9.89. The first-order valence-electron chi connectivity index (χ1n) is 11.8. The van der Waals surface area contributed by atoms with Crippen molar-refractivity contribution in [2.75, 3.05) is 19.6 Å². The molecule has 6 N–H and O–H groups in total. The second-order valence-electron chi connectivity index (χ2n) is 8.98. The smallest absolute Gasteiger partial charge is 0.326 e. The van der Waals surface area contributed by atoms with E-state index in [1.54, 1.807) is 0 Å². The molecular formula is C22H39N5O5. The molecule has 0 radical (unpaired) electrons. The summed E-state index contributed by atoms with van der Waals surface area (Å²) in [5.74, 6) is -2.15. The molecule has 2 rings (SSSR count). The van der Waals surface area contributed by atoms with Gasteiger partial charge in [-0.05, 0) is 51.0 Å². The molecule has 0 aromatic carbocycles. The maximum Gasteiger partial charge on any atom is 0.326 e. The molecule has 2 heterocycles. The monoisotopic (exact) mass is 453 g/mol. The lowest BCUT2D eigenvalue weighted by Gasteiger charge is -2.34. The lowest BCUT2D eigenvalue weighted by Crippen LogP contribution is -2.58. The lowest BCUT2D eigenvalue weighted by molar-refractivity contribution is -0.152. The van der Waals surface area contributed by atoms with Crippen LogP contribution in [0.5, 0.6) is 0 Å². The van der Waals surface area contributed by atoms with Crippen LogP contribution in [0.3, 0.4) is 0 Å². The minimum Gasteiger partial charge on any atom is -0.480 e. The number of hydrogen-bond acceptors (Lipinski definition) is 6. The summed E-state index contributed by atoms with van der Waals surface area (Å²) >= 11 is 0. The van der Waals surface area contributed by atoms with Crippen molar-refractivity contribution in [1.82, 2.24) is 15.1 Å². The van der Waals surface area contributed by atoms with Crippen molar-refractivity contribution >= 4 is 23.7 Å². The summed E-state index contributed by atoms with van der Waals surface area (Å²) in [6, 6.07) is -3.03. The number of carbonyl (C=O) groups excluding carboxylic acids is 3. The fourth-order valence-electron chi connectivity index (χ4n) is 4.53. The van der Waals surface area contributed by atoms with Crippen molar-refractivity contribution in [3.8, 4) is 0 Å². The molecule has 0 aromatic rings. The van der Waals surface area contributed by atoms with Gasteiger partial charge in [-0.2, -0.15) is 0 Å². The molecule has 0 aromatic heterocycles. The molecule has 2 aliphatic rings. The van der Waals surface area contributed by atoms with Crippen molar-refractivity contribution < 1.29 is 24.3 Å². The zero-order valence-electron chi connectivity index (χ0n) is 19.3. The summed E-state index contributed by atoms with van der Waals surface area (Å²) < 4.78 is 0. The maximum atomic E-state index is 13.5. The minimum atomic E-state index is -1.01. The number of carboxylic acids is 1. The van der Waals surface area contributed by atoms with E-state index in [1.807, 2.05) is 13.8 Å². The molecule has 10 nitrogen and oxygen atoms in total. The summed E-state index contributed by atoms with van der Waals surface area (Å²) in [4.78, 5) is 53.7. The van der Waals surface area contributed by atoms with Gasteiger partial charge in [-0.25, -0.2) is 4.79 Å². The van der Waals surface area contributed by atoms with Crippen LogP contribution in [0.2, 0.25) is 0 Å². The number of nitrogens with two attached hydrogens (primary N) is 2. The molecule has 3 amide bonds. The first-order valence-corrected chi connectivity index (χ1v) is 11.8. The molecule has 5 atom stereocenters. The zero-order valence-corrected chi connectivity index (χ0v) is 19.3. The van der Waals surface area contributed by atoms with Gasteiger partial charge in [0.15, 0.2) is 0 Å². The Bertz CT molecular complexity index is 688. The van der Waals surface area contributed by atoms with Crippen molar-refractivity contribution in [2.45, 2.75) is 89.4 Å². The molecule has 0 saturated carbocycles. The second kappa shape index (κ2) is 12.2. The SMILES string of the molecule is CCC(C)C(NC(=O)C(N)CCCCN)C(=O)N1CCCC1C(=O)N1CCCC1C(=O)O. The Morgan fingerprint density at radius 1 is 1.06 bits per heavy atom. The van der Waals surface area contributed by atoms with Crippen molar-refractivity contribution in [3.05, 3.63) is 0 Å². The van der Waals surface area contributed by atoms with Gasteiger partial charge in [0.1, 0.15) is 18.1 Å². The number of hydrogen-bond donors (Lipinski definition) is 4. The third-order valence-electron chi connectivity index (χ3n) is 6.72. The highest BCUT2D eigenvalue weighted by Crippen LogP contribution is 2.26. The molecular weight excluding hydrogens is 414 g/mol. The summed E-state index contributed by atoms with van der Waals surface area (Å²) in [5.41, 5.74) is 11.5. The van der Waals surface area contributed by atoms with Crippen LogP contribution < -0.4 is 16.8 Å². The van der Waals surface area contributed by atoms with Crippen LogP contribution in [-0.4, -0.2) is 82.4 Å². The van der Waals surface area contributed by atoms with Gasteiger partial charge in [0, 0.05) is 13.1 Å². The van der Waals surface area contributed by atoms with Crippen LogP contribution in [0.25, 0.3) is 0 Å². The summed E-state index contributed by atoms with van der Waals surface area (Å²) in [6.07, 6.45) is 4.88. The van der Waals surface area contributed by atoms with Gasteiger partial charge in [0.2, 0.25) is 17.7 Å². The molecule has 0 aliphatic carbocycles. The number of amides is 3. The van der Waals surface area contributed by atoms with E-state index in [4.69, 9.17) is 11.5 Å². The van der Waals surface area contributed by atoms with Gasteiger partial charge in [-0.3, -0.25) is 14.4 Å². The number of nitrogens with zero attached hydrogens (tertiary/aromatic N) is 2. The van der Waals surface area contributed by atoms with Crippen molar-refractivity contribution in [1.29, 1.82) is 0 Å². The highest BCUT2D eigenvalue weighted by molar-refractivity contribution is 5.94. The average molecular weight is 454 g/mol. The predicted molar refractivity (Wildman–Crippen MR) is 119 cm³/mol. The normalized spacial score (nSPS) is 23.6. The second-order valence-corrected chi connectivity index (χ2v) is 8.98. The molecule has 2 fully saturated rings. The van der Waals surface area contributed by atoms with E-state index in [1.165, 1.54) is 9.80 Å². The zero-order chi connectivity index (χ0) is 23.8. The number of rotatable bonds is 11. The van der Waals surface area contributed by atoms with E-state index in [2.05, 4.69) is 5.32 Å². The van der Waals surface area contributed by atoms with Crippen LogP contribution >= 0.6 is 0 Å². The Morgan fingerprint density at radius 2 is 1.69 bits per heavy atom. The number of unbranched alkanes of at least 4 members (excludes halogenated alkanes) is 1. The van der Waals surface area contributed by atoms with Crippen LogP contribution in [0.15, 0.2) is 0 Å². The number of aliphatic carboxylic acids is 1. The third-order valence-corrected chi connectivity index (χ3v) is 6.72. The van der Waals surface area contributed by atoms with E-state index < -0.39 is 30.1 Å². The van der Waals surface area contributed by atoms with E-state index in [-0.39, 0.29) is 23.6 Å². The maximum absolute atomic E-state index is 13.5. The predicted octanol–water partition coefficient (Wildman–Crippen LogP) is 0.0402. The number of carbonyl (C=O) groups is 4. The summed E-state index contributed by atoms with van der Waals surface area (Å²) in [5, 5.41) is 12.3. The van der Waals surface area contributed by atoms with Crippen LogP contribution in [0, 0.1) is 5.92 Å². The molecule has 32 heavy (non-hydrogen) atoms. The van der Waals surface area contributed by atoms with E-state index in [0.717, 1.165) is 12.8 Å². The van der Waals surface area contributed by atoms with Gasteiger partial charge >= 0.3 is 5.97 Å². The molecule has 2 aliphatic heterocycles. The van der Waals surface area contributed by atoms with Gasteiger partial charge < -0.3 is 31.7 Å². The third kappa shape index (κ3) is 6.19. The van der Waals surface area contributed by atoms with Gasteiger partial charge in [0.05, 0.1) is 6.04 Å². The Labute approximate surface area is 190 Å². The topological polar surface area (TPSA) is 159 Å². The number of nitrogens with one attached hydrogen (secondary N) is 1. The van der Waals surface area contributed by atoms with Gasteiger partial charge in [0.25, 0.3) is 0 Å². The summed E-state index contributed by atoms with van der Waals surface area (Å²) in [7, 11) is 0. The number of carboxylic acid groups (broad SMARTS) is 1. The van der Waals surface area contributed by atoms with E-state index >= 15 is 0 Å². The highest BCUT2D eigenvalue weighted by atomic mass is 16.4. The van der Waals surface area contributed by atoms with Gasteiger partial charge in [-0.1, -0.05) is 26.7 Å². The van der Waals surface area contributed by atoms with Crippen molar-refractivity contribution in [3.63, 3.8) is 0 Å². The first kappa shape index (κ1) is 26.1. The van der Waals surface area contributed by atoms with Crippen LogP contribution in [0.4, 0.5) is 0 Å². The molecule has 5 unspecified atom stereocenters. The molecule has 182 valence electrons. The van der Waals surface area contributed by atoms with Gasteiger partial charge in [-0.15, -0.1) is 0 Å². The fourth-order valence-corrected chi connectivity index (χ4v) is 4.53. The summed E-state index contributed by atoms with van der Waals surface area (Å²) in [6.45, 7) is 5.15. The number of likely N-dealkylation sites (tertiary alicyclic amines) is 2. The highest BCUT2D eigenvalue weighted by Gasteiger charge is 2.44. The van der Waals surface area contributed by atoms with Crippen LogP contribution in [0.1, 0.15) is 65.2 Å². The molecule has 10 heteroatoms. The average Bonchev–Trinajstić information content (AvgIpc) is 3.45. The Hall–Kier alpha value is -2.20. The molecule has 2 saturated heterocycles. The van der Waals surface area contributed by atoms with Crippen molar-refractivity contribution in [2.24, 2.45) is 17.4 Å². The largest absolute Gasteiger partial charge is 0.480 e. The van der Waals surface area contributed by atoms with E-state index in [0.29, 0.717) is 58.2 Å². The Morgan fingerprint density at radius 3 is 2.28 bits per heavy atom. The first-order chi connectivity index (χ1) is 15.2. The van der Waals surface area contributed by atoms with Crippen LogP contribution in [-0.2, 0) is 19.2 Å². The Balaban J connectivity index is 2.11. The van der Waals surface area contributed by atoms with E-state index in [9.17, 15) is 24.3 Å². The molecule has 0 spiro atoms. The standard InChI is InChI=1S/C22H39N5O5/c1-3-14(2)18(25-19(28)15(24)8-4-5-11-23)21(30)26-12-6-9-16(26)20(29)27-13-7-10-17(27)22(31)32/h14-18H,3-13,23-24H2,1-2H3,(H,25,28)(H,31,32). The quantitative estimate of drug-likeness (QED) is 0.321. The lowest BCUT2D eigenvalue weighted by atomic mass is 9.96. The molecule has 0 bridgehead atoms. The minimum absolute atomic E-state index is 0.141. The fraction of sp³-hybridized carbons (Fsp3) is 0.818.